The quantitative estimate of drug-likeness (QED) is 0.363. The number of rotatable bonds is 0. The molecule has 0 radical (unpaired) electrons. The van der Waals surface area contributed by atoms with Crippen molar-refractivity contribution in [2.45, 2.75) is 48.0 Å². The molecule has 0 aliphatic rings. The molecule has 0 rings (SSSR count). The van der Waals surface area contributed by atoms with Crippen LogP contribution >= 0.6 is 0 Å². The van der Waals surface area contributed by atoms with Gasteiger partial charge >= 0.3 is 0 Å². The van der Waals surface area contributed by atoms with Gasteiger partial charge in [0.15, 0.2) is 0 Å². The zero-order valence-electron chi connectivity index (χ0n) is 9.12. The van der Waals surface area contributed by atoms with Crippen molar-refractivity contribution in [1.29, 1.82) is 0 Å². The first-order valence-corrected chi connectivity index (χ1v) is 4.16. The molecular formula is C11H24. The molecule has 0 atom stereocenters. The minimum absolute atomic E-state index is 1.25. The molecule has 0 heteroatoms. The fraction of sp³-hybridized carbons (Fsp3) is 0.636. The Morgan fingerprint density at radius 1 is 0.909 bits per heavy atom. The molecule has 0 aliphatic heterocycles. The summed E-state index contributed by atoms with van der Waals surface area (Å²) in [6, 6.07) is 0. The average Bonchev–Trinajstić information content (AvgIpc) is 2.12. The van der Waals surface area contributed by atoms with Crippen molar-refractivity contribution < 1.29 is 0 Å². The van der Waals surface area contributed by atoms with Crippen molar-refractivity contribution in [3.05, 3.63) is 13.2 Å². The second kappa shape index (κ2) is 121. The molecule has 0 bridgehead atoms. The van der Waals surface area contributed by atoms with Crippen LogP contribution in [0.25, 0.3) is 0 Å². The van der Waals surface area contributed by atoms with Crippen LogP contribution in [-0.2, 0) is 0 Å². The highest BCUT2D eigenvalue weighted by Gasteiger charge is 1.35. The molecule has 0 heterocycles. The van der Waals surface area contributed by atoms with Crippen LogP contribution in [0.15, 0.2) is 13.2 Å². The molecule has 0 saturated carbocycles. The van der Waals surface area contributed by atoms with E-state index in [0.717, 1.165) is 0 Å². The Morgan fingerprint density at radius 3 is 1.00 bits per heavy atom. The zero-order chi connectivity index (χ0) is 10.1. The van der Waals surface area contributed by atoms with Crippen molar-refractivity contribution in [1.82, 2.24) is 0 Å². The largest absolute Gasteiger partial charge is 0.107 e. The molecular weight excluding hydrogens is 132 g/mol. The fourth-order valence-electron chi connectivity index (χ4n) is 0. The highest BCUT2D eigenvalue weighted by molar-refractivity contribution is 4.89. The molecule has 0 aliphatic carbocycles. The summed E-state index contributed by atoms with van der Waals surface area (Å²) in [6.45, 7) is 17.9. The highest BCUT2D eigenvalue weighted by Crippen LogP contribution is 1.56. The van der Waals surface area contributed by atoms with Crippen molar-refractivity contribution in [3.8, 4) is 11.8 Å². The SMILES string of the molecule is C=C.CC.CC#CC.CCC. The topological polar surface area (TPSA) is 0 Å². The maximum atomic E-state index is 3.00. The number of hydrogen-bond donors (Lipinski definition) is 0. The lowest BCUT2D eigenvalue weighted by atomic mass is 10.6. The summed E-state index contributed by atoms with van der Waals surface area (Å²) in [5.74, 6) is 5.36. The molecule has 0 aromatic carbocycles. The van der Waals surface area contributed by atoms with Crippen LogP contribution in [0.4, 0.5) is 0 Å². The summed E-state index contributed by atoms with van der Waals surface area (Å²) >= 11 is 0. The predicted molar refractivity (Wildman–Crippen MR) is 57.7 cm³/mol. The molecule has 0 spiro atoms. The van der Waals surface area contributed by atoms with Gasteiger partial charge in [-0.3, -0.25) is 0 Å². The van der Waals surface area contributed by atoms with Gasteiger partial charge in [0.05, 0.1) is 0 Å². The van der Waals surface area contributed by atoms with E-state index in [0.29, 0.717) is 0 Å². The van der Waals surface area contributed by atoms with Gasteiger partial charge in [0.1, 0.15) is 0 Å². The van der Waals surface area contributed by atoms with E-state index >= 15 is 0 Å². The summed E-state index contributed by atoms with van der Waals surface area (Å²) in [7, 11) is 0. The zero-order valence-corrected chi connectivity index (χ0v) is 9.12. The smallest absolute Gasteiger partial charge is 0.00271 e. The first-order chi connectivity index (χ1) is 5.33. The van der Waals surface area contributed by atoms with Gasteiger partial charge in [-0.25, -0.2) is 0 Å². The molecule has 11 heavy (non-hydrogen) atoms. The third-order valence-electron chi connectivity index (χ3n) is 0.250. The molecule has 0 aromatic rings. The molecule has 0 nitrogen and oxygen atoms in total. The number of hydrogen-bond acceptors (Lipinski definition) is 0. The van der Waals surface area contributed by atoms with Crippen LogP contribution in [0.3, 0.4) is 0 Å². The van der Waals surface area contributed by atoms with Crippen LogP contribution in [0.5, 0.6) is 0 Å². The van der Waals surface area contributed by atoms with Gasteiger partial charge in [-0.15, -0.1) is 25.0 Å². The Morgan fingerprint density at radius 2 is 1.00 bits per heavy atom. The average molecular weight is 156 g/mol. The lowest BCUT2D eigenvalue weighted by molar-refractivity contribution is 1.09. The molecule has 0 amide bonds. The van der Waals surface area contributed by atoms with E-state index in [1.165, 1.54) is 6.42 Å². The van der Waals surface area contributed by atoms with E-state index in [-0.39, 0.29) is 0 Å². The minimum atomic E-state index is 1.25. The molecule has 68 valence electrons. The fourth-order valence-corrected chi connectivity index (χ4v) is 0. The lowest BCUT2D eigenvalue weighted by Crippen LogP contribution is -1.28. The van der Waals surface area contributed by atoms with Crippen LogP contribution in [0.2, 0.25) is 0 Å². The first-order valence-electron chi connectivity index (χ1n) is 4.16. The highest BCUT2D eigenvalue weighted by atomic mass is 13.4. The van der Waals surface area contributed by atoms with Crippen LogP contribution in [0.1, 0.15) is 48.0 Å². The summed E-state index contributed by atoms with van der Waals surface area (Å²) < 4.78 is 0. The monoisotopic (exact) mass is 156 g/mol. The standard InChI is InChI=1S/C4H6.C3H8.C2H6.C2H4/c1-3-4-2;1-3-2;2*1-2/h1-2H3;3H2,1-2H3;1-2H3;1-2H2. The van der Waals surface area contributed by atoms with Gasteiger partial charge in [0, 0.05) is 0 Å². The Bertz CT molecular complexity index is 55.8. The van der Waals surface area contributed by atoms with Gasteiger partial charge < -0.3 is 0 Å². The Labute approximate surface area is 73.7 Å². The van der Waals surface area contributed by atoms with Gasteiger partial charge in [-0.05, 0) is 13.8 Å². The Hall–Kier alpha value is -0.700. The molecule has 0 fully saturated rings. The lowest BCUT2D eigenvalue weighted by Gasteiger charge is -1.48. The van der Waals surface area contributed by atoms with E-state index in [9.17, 15) is 0 Å². The first kappa shape index (κ1) is 22.4. The van der Waals surface area contributed by atoms with Crippen LogP contribution in [-0.4, -0.2) is 0 Å². The van der Waals surface area contributed by atoms with E-state index in [4.69, 9.17) is 0 Å². The van der Waals surface area contributed by atoms with Crippen molar-refractivity contribution in [2.24, 2.45) is 0 Å². The maximum absolute atomic E-state index is 3.00. The maximum Gasteiger partial charge on any atom is -0.00271 e. The Balaban J connectivity index is -0.0000000315. The molecule has 0 aromatic heterocycles. The van der Waals surface area contributed by atoms with Crippen molar-refractivity contribution in [3.63, 3.8) is 0 Å². The summed E-state index contributed by atoms with van der Waals surface area (Å²) in [5, 5.41) is 0. The van der Waals surface area contributed by atoms with Gasteiger partial charge in [-0.2, -0.15) is 0 Å². The molecule has 0 unspecified atom stereocenters. The summed E-state index contributed by atoms with van der Waals surface area (Å²) in [5.41, 5.74) is 0. The van der Waals surface area contributed by atoms with Crippen molar-refractivity contribution in [2.75, 3.05) is 0 Å². The van der Waals surface area contributed by atoms with Gasteiger partial charge in [0.25, 0.3) is 0 Å². The van der Waals surface area contributed by atoms with Crippen LogP contribution in [0, 0.1) is 11.8 Å². The van der Waals surface area contributed by atoms with Gasteiger partial charge in [0.2, 0.25) is 0 Å². The minimum Gasteiger partial charge on any atom is -0.107 e. The summed E-state index contributed by atoms with van der Waals surface area (Å²) in [6.07, 6.45) is 1.25. The third-order valence-corrected chi connectivity index (χ3v) is 0.250. The normalized spacial score (nSPS) is 3.82. The Kier molecular flexibility index (Phi) is 247. The summed E-state index contributed by atoms with van der Waals surface area (Å²) in [4.78, 5) is 0. The van der Waals surface area contributed by atoms with Gasteiger partial charge in [-0.1, -0.05) is 34.1 Å². The predicted octanol–water partition coefficient (Wildman–Crippen LogP) is 4.27. The van der Waals surface area contributed by atoms with E-state index in [2.05, 4.69) is 38.8 Å². The van der Waals surface area contributed by atoms with Crippen molar-refractivity contribution >= 4 is 0 Å². The third kappa shape index (κ3) is 5510. The van der Waals surface area contributed by atoms with E-state index in [1.807, 2.05) is 27.7 Å². The van der Waals surface area contributed by atoms with Crippen LogP contribution < -0.4 is 0 Å². The molecule has 0 N–H and O–H groups in total. The van der Waals surface area contributed by atoms with E-state index < -0.39 is 0 Å². The molecule has 0 saturated heterocycles. The van der Waals surface area contributed by atoms with E-state index in [1.54, 1.807) is 0 Å². The second-order valence-electron chi connectivity index (χ2n) is 1.21. The second-order valence-corrected chi connectivity index (χ2v) is 1.21.